The summed E-state index contributed by atoms with van der Waals surface area (Å²) in [5.74, 6) is 0.315. The smallest absolute Gasteiger partial charge is 0.231 e. The summed E-state index contributed by atoms with van der Waals surface area (Å²) in [5.41, 5.74) is 14.4. The Hall–Kier alpha value is -3.72. The summed E-state index contributed by atoms with van der Waals surface area (Å²) in [6, 6.07) is 18.1. The van der Waals surface area contributed by atoms with E-state index in [4.69, 9.17) is 9.40 Å². The zero-order valence-electron chi connectivity index (χ0n) is 19.3. The molecule has 8 rings (SSSR count). The van der Waals surface area contributed by atoms with Gasteiger partial charge in [-0.2, -0.15) is 4.57 Å². The van der Waals surface area contributed by atoms with Crippen LogP contribution in [0.2, 0.25) is 0 Å². The van der Waals surface area contributed by atoms with Crippen LogP contribution in [0.3, 0.4) is 0 Å². The Labute approximate surface area is 193 Å². The van der Waals surface area contributed by atoms with Gasteiger partial charge < -0.3 is 4.42 Å². The highest BCUT2D eigenvalue weighted by Crippen LogP contribution is 2.55. The third-order valence-corrected chi connectivity index (χ3v) is 7.86. The van der Waals surface area contributed by atoms with Crippen molar-refractivity contribution < 1.29 is 8.98 Å². The van der Waals surface area contributed by atoms with Crippen molar-refractivity contribution in [3.8, 4) is 11.3 Å². The monoisotopic (exact) mass is 429 g/mol. The van der Waals surface area contributed by atoms with Crippen molar-refractivity contribution in [1.82, 2.24) is 4.98 Å². The second kappa shape index (κ2) is 6.41. The van der Waals surface area contributed by atoms with Crippen molar-refractivity contribution in [2.45, 2.75) is 32.6 Å². The van der Waals surface area contributed by atoms with Crippen molar-refractivity contribution in [2.75, 3.05) is 0 Å². The van der Waals surface area contributed by atoms with E-state index in [0.29, 0.717) is 0 Å². The summed E-state index contributed by atoms with van der Waals surface area (Å²) in [6.07, 6.45) is 5.79. The number of nitrogens with zero attached hydrogens (tertiary/aromatic N) is 2. The van der Waals surface area contributed by atoms with Crippen LogP contribution in [-0.2, 0) is 7.05 Å². The fraction of sp³-hybridized carbons (Fsp3) is 0.200. The Bertz CT molecular complexity index is 1620. The van der Waals surface area contributed by atoms with Gasteiger partial charge in [0, 0.05) is 10.8 Å². The Balaban J connectivity index is 1.55. The standard InChI is InChI=1S/C30H25N2O/c1-16-9-17(2)18(3)23(10-16)26-13-31-29-27-21-7-5-6-8-22(21)28(30(29)32(26)4)25-12-20-15-33-14-19(20)11-24(25)27/h5-15,27-28H,1-4H3/q+1. The first-order valence-electron chi connectivity index (χ1n) is 11.6. The highest BCUT2D eigenvalue weighted by Gasteiger charge is 2.48. The maximum absolute atomic E-state index is 5.54. The van der Waals surface area contributed by atoms with E-state index in [2.05, 4.69) is 87.1 Å². The highest BCUT2D eigenvalue weighted by atomic mass is 16.3. The summed E-state index contributed by atoms with van der Waals surface area (Å²) in [7, 11) is 2.21. The summed E-state index contributed by atoms with van der Waals surface area (Å²) >= 11 is 0. The molecule has 0 saturated carbocycles. The van der Waals surface area contributed by atoms with E-state index < -0.39 is 0 Å². The molecule has 2 heterocycles. The normalized spacial score (nSPS) is 17.7. The molecule has 2 bridgehead atoms. The van der Waals surface area contributed by atoms with E-state index in [1.54, 1.807) is 0 Å². The Morgan fingerprint density at radius 1 is 0.818 bits per heavy atom. The SMILES string of the molecule is Cc1cc(C)c(C)c(-c2cnc3c([n+]2C)C2c4ccccc4C3c3cc4cocc4cc32)c1. The first-order valence-corrected chi connectivity index (χ1v) is 11.6. The van der Waals surface area contributed by atoms with E-state index in [1.165, 1.54) is 61.6 Å². The molecule has 33 heavy (non-hydrogen) atoms. The van der Waals surface area contributed by atoms with Crippen LogP contribution in [0, 0.1) is 20.8 Å². The highest BCUT2D eigenvalue weighted by molar-refractivity contribution is 5.85. The second-order valence-corrected chi connectivity index (χ2v) is 9.70. The molecule has 3 aliphatic rings. The van der Waals surface area contributed by atoms with Gasteiger partial charge in [0.25, 0.3) is 0 Å². The third kappa shape index (κ3) is 2.40. The van der Waals surface area contributed by atoms with Crippen LogP contribution in [0.5, 0.6) is 0 Å². The topological polar surface area (TPSA) is 29.9 Å². The number of rotatable bonds is 1. The van der Waals surface area contributed by atoms with Gasteiger partial charge in [0.05, 0.1) is 36.1 Å². The molecular formula is C30H25N2O+. The summed E-state index contributed by atoms with van der Waals surface area (Å²) in [6.45, 7) is 6.59. The minimum absolute atomic E-state index is 0.149. The summed E-state index contributed by atoms with van der Waals surface area (Å²) in [4.78, 5) is 5.16. The molecule has 2 unspecified atom stereocenters. The van der Waals surface area contributed by atoms with Crippen LogP contribution in [-0.4, -0.2) is 4.98 Å². The molecule has 0 N–H and O–H groups in total. The van der Waals surface area contributed by atoms with Gasteiger partial charge in [0.15, 0.2) is 0 Å². The van der Waals surface area contributed by atoms with Crippen molar-refractivity contribution in [2.24, 2.45) is 7.05 Å². The molecule has 0 aliphatic heterocycles. The van der Waals surface area contributed by atoms with Crippen LogP contribution >= 0.6 is 0 Å². The first kappa shape index (κ1) is 18.8. The molecule has 0 radical (unpaired) electrons. The van der Waals surface area contributed by atoms with E-state index in [-0.39, 0.29) is 11.8 Å². The van der Waals surface area contributed by atoms with Gasteiger partial charge in [-0.05, 0) is 72.4 Å². The van der Waals surface area contributed by atoms with E-state index >= 15 is 0 Å². The number of aromatic nitrogens is 2. The van der Waals surface area contributed by atoms with Crippen LogP contribution in [0.25, 0.3) is 22.0 Å². The fourth-order valence-corrected chi connectivity index (χ4v) is 6.22. The molecule has 160 valence electrons. The van der Waals surface area contributed by atoms with Crippen LogP contribution in [0.15, 0.2) is 71.7 Å². The lowest BCUT2D eigenvalue weighted by molar-refractivity contribution is -0.670. The molecule has 5 aromatic rings. The molecule has 0 amide bonds. The molecular weight excluding hydrogens is 404 g/mol. The van der Waals surface area contributed by atoms with Gasteiger partial charge in [-0.25, -0.2) is 4.98 Å². The predicted molar refractivity (Wildman–Crippen MR) is 130 cm³/mol. The molecule has 3 aliphatic carbocycles. The number of furan rings is 1. The predicted octanol–water partition coefficient (Wildman–Crippen LogP) is 6.23. The summed E-state index contributed by atoms with van der Waals surface area (Å²) < 4.78 is 7.95. The largest absolute Gasteiger partial charge is 0.471 e. The van der Waals surface area contributed by atoms with E-state index in [1.807, 2.05) is 12.5 Å². The van der Waals surface area contributed by atoms with Gasteiger partial charge in [0.2, 0.25) is 11.4 Å². The fourth-order valence-electron chi connectivity index (χ4n) is 6.22. The summed E-state index contributed by atoms with van der Waals surface area (Å²) in [5, 5.41) is 2.32. The zero-order chi connectivity index (χ0) is 22.4. The average molecular weight is 430 g/mol. The molecule has 3 nitrogen and oxygen atoms in total. The number of hydrogen-bond acceptors (Lipinski definition) is 2. The maximum atomic E-state index is 5.54. The number of aryl methyl sites for hydroxylation is 2. The lowest BCUT2D eigenvalue weighted by atomic mass is 9.63. The average Bonchev–Trinajstić information content (AvgIpc) is 3.27. The Kier molecular flexibility index (Phi) is 3.66. The molecule has 0 spiro atoms. The number of benzene rings is 3. The molecule has 3 heteroatoms. The minimum atomic E-state index is 0.149. The van der Waals surface area contributed by atoms with Crippen LogP contribution < -0.4 is 4.57 Å². The number of hydrogen-bond donors (Lipinski definition) is 0. The quantitative estimate of drug-likeness (QED) is 0.290. The number of fused-ring (bicyclic) bond motifs is 1. The van der Waals surface area contributed by atoms with E-state index in [0.717, 1.165) is 10.8 Å². The van der Waals surface area contributed by atoms with Crippen LogP contribution in [0.4, 0.5) is 0 Å². The molecule has 2 atom stereocenters. The zero-order valence-corrected chi connectivity index (χ0v) is 19.3. The van der Waals surface area contributed by atoms with Crippen molar-refractivity contribution in [3.05, 3.63) is 118 Å². The Morgan fingerprint density at radius 2 is 1.48 bits per heavy atom. The molecule has 2 aromatic heterocycles. The van der Waals surface area contributed by atoms with Gasteiger partial charge >= 0.3 is 0 Å². The minimum Gasteiger partial charge on any atom is -0.471 e. The first-order chi connectivity index (χ1) is 16.0. The molecule has 0 fully saturated rings. The lowest BCUT2D eigenvalue weighted by Crippen LogP contribution is -2.45. The maximum Gasteiger partial charge on any atom is 0.231 e. The van der Waals surface area contributed by atoms with Gasteiger partial charge in [-0.15, -0.1) is 0 Å². The van der Waals surface area contributed by atoms with Crippen molar-refractivity contribution in [3.63, 3.8) is 0 Å². The Morgan fingerprint density at radius 3 is 2.21 bits per heavy atom. The van der Waals surface area contributed by atoms with Crippen molar-refractivity contribution >= 4 is 10.8 Å². The molecule has 0 saturated heterocycles. The lowest BCUT2D eigenvalue weighted by Gasteiger charge is -2.39. The van der Waals surface area contributed by atoms with Gasteiger partial charge in [-0.3, -0.25) is 0 Å². The third-order valence-electron chi connectivity index (χ3n) is 7.86. The van der Waals surface area contributed by atoms with Gasteiger partial charge in [0.1, 0.15) is 12.7 Å². The van der Waals surface area contributed by atoms with Crippen LogP contribution in [0.1, 0.15) is 62.2 Å². The molecule has 3 aromatic carbocycles. The van der Waals surface area contributed by atoms with E-state index in [9.17, 15) is 0 Å². The second-order valence-electron chi connectivity index (χ2n) is 9.70. The van der Waals surface area contributed by atoms with Crippen molar-refractivity contribution in [1.29, 1.82) is 0 Å². The van der Waals surface area contributed by atoms with Gasteiger partial charge in [-0.1, -0.05) is 35.9 Å².